The van der Waals surface area contributed by atoms with Crippen molar-refractivity contribution in [1.29, 1.82) is 0 Å². The van der Waals surface area contributed by atoms with Gasteiger partial charge >= 0.3 is 0 Å². The number of fused-ring (bicyclic) bond motifs is 1. The van der Waals surface area contributed by atoms with Crippen molar-refractivity contribution in [2.75, 3.05) is 0 Å². The fourth-order valence-corrected chi connectivity index (χ4v) is 4.40. The summed E-state index contributed by atoms with van der Waals surface area (Å²) in [6.45, 7) is 6.93. The minimum Gasteiger partial charge on any atom is -0.317 e. The molecule has 0 aliphatic rings. The van der Waals surface area contributed by atoms with Gasteiger partial charge in [-0.1, -0.05) is 51.0 Å². The molecule has 1 heterocycles. The van der Waals surface area contributed by atoms with Crippen LogP contribution in [0, 0.1) is 13.8 Å². The van der Waals surface area contributed by atoms with Crippen molar-refractivity contribution in [3.05, 3.63) is 62.4 Å². The molecule has 0 radical (unpaired) electrons. The lowest BCUT2D eigenvalue weighted by atomic mass is 10.0. The van der Waals surface area contributed by atoms with E-state index in [0.717, 1.165) is 37.2 Å². The summed E-state index contributed by atoms with van der Waals surface area (Å²) in [4.78, 5) is 17.6. The molecule has 24 heavy (non-hydrogen) atoms. The second kappa shape index (κ2) is 7.03. The third-order valence-corrected chi connectivity index (χ3v) is 5.56. The third-order valence-electron chi connectivity index (χ3n) is 4.03. The van der Waals surface area contributed by atoms with Crippen LogP contribution in [0.3, 0.4) is 0 Å². The van der Waals surface area contributed by atoms with Gasteiger partial charge in [-0.15, -0.1) is 0 Å². The van der Waals surface area contributed by atoms with E-state index in [1.165, 1.54) is 5.56 Å². The van der Waals surface area contributed by atoms with Crippen LogP contribution in [0.5, 0.6) is 0 Å². The van der Waals surface area contributed by atoms with Crippen LogP contribution in [0.2, 0.25) is 0 Å². The molecule has 3 aromatic rings. The van der Waals surface area contributed by atoms with E-state index in [0.29, 0.717) is 6.42 Å². The Hall–Kier alpha value is -1.72. The molecule has 0 saturated heterocycles. The predicted octanol–water partition coefficient (Wildman–Crippen LogP) is 4.77. The van der Waals surface area contributed by atoms with Crippen LogP contribution in [0.1, 0.15) is 23.6 Å². The second-order valence-electron chi connectivity index (χ2n) is 5.85. The molecule has 0 spiro atoms. The predicted molar refractivity (Wildman–Crippen MR) is 103 cm³/mol. The van der Waals surface area contributed by atoms with E-state index in [4.69, 9.17) is 0 Å². The molecule has 0 N–H and O–H groups in total. The summed E-state index contributed by atoms with van der Waals surface area (Å²) >= 11 is 5.05. The zero-order chi connectivity index (χ0) is 17.3. The van der Waals surface area contributed by atoms with Crippen molar-refractivity contribution in [3.63, 3.8) is 0 Å². The molecule has 0 aliphatic heterocycles. The SMILES string of the molecule is CCn1c(=NC(=O)Cc2cc(C)ccc2C)sc2cc(Br)ccc21. The molecule has 3 nitrogen and oxygen atoms in total. The Bertz CT molecular complexity index is 985. The molecular formula is C19H19BrN2OS. The summed E-state index contributed by atoms with van der Waals surface area (Å²) in [6, 6.07) is 12.3. The highest BCUT2D eigenvalue weighted by molar-refractivity contribution is 9.10. The minimum absolute atomic E-state index is 0.100. The maximum Gasteiger partial charge on any atom is 0.252 e. The quantitative estimate of drug-likeness (QED) is 0.620. The standard InChI is InChI=1S/C19H19BrN2OS/c1-4-22-16-8-7-15(20)11-17(16)24-19(22)21-18(23)10-14-9-12(2)5-6-13(14)3/h5-9,11H,4,10H2,1-3H3. The van der Waals surface area contributed by atoms with E-state index in [2.05, 4.69) is 62.7 Å². The van der Waals surface area contributed by atoms with Crippen molar-refractivity contribution < 1.29 is 4.79 Å². The topological polar surface area (TPSA) is 34.4 Å². The van der Waals surface area contributed by atoms with Crippen molar-refractivity contribution in [2.45, 2.75) is 33.7 Å². The first kappa shape index (κ1) is 17.1. The second-order valence-corrected chi connectivity index (χ2v) is 7.78. The normalized spacial score (nSPS) is 12.1. The van der Waals surface area contributed by atoms with Gasteiger partial charge in [-0.2, -0.15) is 4.99 Å². The van der Waals surface area contributed by atoms with Gasteiger partial charge in [-0.05, 0) is 50.1 Å². The Labute approximate surface area is 153 Å². The number of benzene rings is 2. The summed E-state index contributed by atoms with van der Waals surface area (Å²) in [5, 5.41) is 0. The van der Waals surface area contributed by atoms with Gasteiger partial charge < -0.3 is 4.57 Å². The highest BCUT2D eigenvalue weighted by Gasteiger charge is 2.09. The van der Waals surface area contributed by atoms with Gasteiger partial charge in [-0.25, -0.2) is 0 Å². The number of halogens is 1. The van der Waals surface area contributed by atoms with Crippen LogP contribution in [0.25, 0.3) is 10.2 Å². The maximum atomic E-state index is 12.5. The van der Waals surface area contributed by atoms with Gasteiger partial charge in [-0.3, -0.25) is 4.79 Å². The molecule has 0 aliphatic carbocycles. The van der Waals surface area contributed by atoms with E-state index in [9.17, 15) is 4.79 Å². The van der Waals surface area contributed by atoms with Gasteiger partial charge in [0, 0.05) is 11.0 Å². The molecule has 1 amide bonds. The first-order chi connectivity index (χ1) is 11.5. The van der Waals surface area contributed by atoms with Gasteiger partial charge in [0.1, 0.15) is 0 Å². The molecule has 2 aromatic carbocycles. The molecule has 0 fully saturated rings. The van der Waals surface area contributed by atoms with Crippen LogP contribution in [-0.4, -0.2) is 10.5 Å². The number of aryl methyl sites for hydroxylation is 3. The average Bonchev–Trinajstić information content (AvgIpc) is 2.86. The lowest BCUT2D eigenvalue weighted by molar-refractivity contribution is -0.117. The number of hydrogen-bond acceptors (Lipinski definition) is 2. The van der Waals surface area contributed by atoms with Crippen molar-refractivity contribution in [1.82, 2.24) is 4.57 Å². The summed E-state index contributed by atoms with van der Waals surface area (Å²) in [6.07, 6.45) is 0.342. The number of thiazole rings is 1. The fraction of sp³-hybridized carbons (Fsp3) is 0.263. The van der Waals surface area contributed by atoms with E-state index >= 15 is 0 Å². The highest BCUT2D eigenvalue weighted by atomic mass is 79.9. The number of nitrogens with zero attached hydrogens (tertiary/aromatic N) is 2. The van der Waals surface area contributed by atoms with Crippen molar-refractivity contribution in [2.24, 2.45) is 4.99 Å². The van der Waals surface area contributed by atoms with E-state index in [1.54, 1.807) is 11.3 Å². The van der Waals surface area contributed by atoms with Crippen molar-refractivity contribution in [3.8, 4) is 0 Å². The van der Waals surface area contributed by atoms with Crippen molar-refractivity contribution >= 4 is 43.4 Å². The monoisotopic (exact) mass is 402 g/mol. The minimum atomic E-state index is -0.100. The number of aromatic nitrogens is 1. The lowest BCUT2D eigenvalue weighted by Crippen LogP contribution is -2.16. The molecule has 0 saturated carbocycles. The van der Waals surface area contributed by atoms with Crippen LogP contribution in [0.15, 0.2) is 45.9 Å². The molecule has 1 aromatic heterocycles. The Morgan fingerprint density at radius 1 is 1.21 bits per heavy atom. The smallest absolute Gasteiger partial charge is 0.252 e. The molecule has 3 rings (SSSR count). The molecule has 0 unspecified atom stereocenters. The number of carbonyl (C=O) groups excluding carboxylic acids is 1. The largest absolute Gasteiger partial charge is 0.317 e. The lowest BCUT2D eigenvalue weighted by Gasteiger charge is -2.04. The molecule has 0 atom stereocenters. The van der Waals surface area contributed by atoms with Gasteiger partial charge in [0.2, 0.25) is 0 Å². The fourth-order valence-electron chi connectivity index (χ4n) is 2.74. The number of hydrogen-bond donors (Lipinski definition) is 0. The maximum absolute atomic E-state index is 12.5. The van der Waals surface area contributed by atoms with E-state index < -0.39 is 0 Å². The third kappa shape index (κ3) is 3.52. The molecule has 5 heteroatoms. The van der Waals surface area contributed by atoms with Gasteiger partial charge in [0.25, 0.3) is 5.91 Å². The Morgan fingerprint density at radius 2 is 2.00 bits per heavy atom. The molecular weight excluding hydrogens is 384 g/mol. The number of carbonyl (C=O) groups is 1. The first-order valence-electron chi connectivity index (χ1n) is 7.90. The Morgan fingerprint density at radius 3 is 2.75 bits per heavy atom. The van der Waals surface area contributed by atoms with E-state index in [1.807, 2.05) is 19.9 Å². The summed E-state index contributed by atoms with van der Waals surface area (Å²) in [5.41, 5.74) is 4.46. The summed E-state index contributed by atoms with van der Waals surface area (Å²) in [7, 11) is 0. The highest BCUT2D eigenvalue weighted by Crippen LogP contribution is 2.22. The zero-order valence-electron chi connectivity index (χ0n) is 14.0. The number of amides is 1. The Kier molecular flexibility index (Phi) is 5.01. The van der Waals surface area contributed by atoms with Crippen LogP contribution < -0.4 is 4.80 Å². The molecule has 0 bridgehead atoms. The van der Waals surface area contributed by atoms with Gasteiger partial charge in [0.05, 0.1) is 16.6 Å². The summed E-state index contributed by atoms with van der Waals surface area (Å²) < 4.78 is 4.25. The average molecular weight is 403 g/mol. The van der Waals surface area contributed by atoms with Crippen LogP contribution in [-0.2, 0) is 17.8 Å². The first-order valence-corrected chi connectivity index (χ1v) is 9.51. The zero-order valence-corrected chi connectivity index (χ0v) is 16.4. The van der Waals surface area contributed by atoms with E-state index in [-0.39, 0.29) is 5.91 Å². The summed E-state index contributed by atoms with van der Waals surface area (Å²) in [5.74, 6) is -0.100. The molecule has 124 valence electrons. The Balaban J connectivity index is 2.00. The van der Waals surface area contributed by atoms with Crippen LogP contribution in [0.4, 0.5) is 0 Å². The van der Waals surface area contributed by atoms with Crippen LogP contribution >= 0.6 is 27.3 Å². The van der Waals surface area contributed by atoms with Gasteiger partial charge in [0.15, 0.2) is 4.80 Å². The number of rotatable bonds is 3.